The lowest BCUT2D eigenvalue weighted by atomic mass is 10.1. The average molecular weight is 531 g/mol. The lowest BCUT2D eigenvalue weighted by Gasteiger charge is -2.29. The highest BCUT2D eigenvalue weighted by atomic mass is 19.4. The van der Waals surface area contributed by atoms with Crippen LogP contribution in [0.4, 0.5) is 13.2 Å². The van der Waals surface area contributed by atoms with Crippen LogP contribution in [0.15, 0.2) is 72.8 Å². The number of carbonyl (C=O) groups is 1. The van der Waals surface area contributed by atoms with E-state index in [9.17, 15) is 18.0 Å². The van der Waals surface area contributed by atoms with Gasteiger partial charge in [-0.15, -0.1) is 13.2 Å². The predicted octanol–water partition coefficient (Wildman–Crippen LogP) is 6.60. The van der Waals surface area contributed by atoms with Crippen LogP contribution in [0.2, 0.25) is 0 Å². The molecule has 1 amide bonds. The van der Waals surface area contributed by atoms with Gasteiger partial charge in [-0.2, -0.15) is 0 Å². The summed E-state index contributed by atoms with van der Waals surface area (Å²) in [6.45, 7) is 9.42. The largest absolute Gasteiger partial charge is 0.573 e. The number of alkyl halides is 3. The second-order valence-corrected chi connectivity index (χ2v) is 9.63. The molecule has 0 bridgehead atoms. The quantitative estimate of drug-likeness (QED) is 0.216. The van der Waals surface area contributed by atoms with Gasteiger partial charge in [0.2, 0.25) is 5.91 Å². The molecule has 0 aliphatic carbocycles. The lowest BCUT2D eigenvalue weighted by molar-refractivity contribution is -0.274. The maximum atomic E-state index is 13.6. The monoisotopic (exact) mass is 530 g/mol. The Balaban J connectivity index is 1.66. The lowest BCUT2D eigenvalue weighted by Crippen LogP contribution is -2.33. The first-order valence-corrected chi connectivity index (χ1v) is 12.9. The fourth-order valence-corrected chi connectivity index (χ4v) is 4.56. The summed E-state index contributed by atoms with van der Waals surface area (Å²) in [7, 11) is 1.95. The second kappa shape index (κ2) is 13.6. The molecule has 206 valence electrons. The number of unbranched alkanes of at least 4 members (excludes halogenated alkanes) is 1. The molecule has 1 heterocycles. The molecule has 1 aliphatic rings. The molecule has 1 aliphatic heterocycles. The second-order valence-electron chi connectivity index (χ2n) is 9.63. The number of allylic oxidation sites excluding steroid dienone is 1. The first-order chi connectivity index (χ1) is 18.1. The Kier molecular flexibility index (Phi) is 10.6. The standard InChI is InChI=1S/C30H37F3N2O3/c1-5-6-7-8-23(3)21-37-20-18-27-29(36)35(28(34(27)4)25-13-9-22(2)10-14-25)19-17-24-11-15-26(16-12-24)38-30(31,32)33/h7-16,27-28H,3,5-6,17-21H2,1-2,4H3/b8-7-/t27-,28+/m0/s1. The van der Waals surface area contributed by atoms with E-state index in [0.717, 1.165) is 35.1 Å². The van der Waals surface area contributed by atoms with Crippen LogP contribution in [0.25, 0.3) is 0 Å². The summed E-state index contributed by atoms with van der Waals surface area (Å²) in [5, 5.41) is 0. The van der Waals surface area contributed by atoms with Crippen molar-refractivity contribution in [3.05, 3.63) is 89.5 Å². The normalized spacial score (nSPS) is 18.5. The van der Waals surface area contributed by atoms with Crippen LogP contribution in [-0.2, 0) is 16.0 Å². The average Bonchev–Trinajstić information content (AvgIpc) is 3.10. The number of hydrogen-bond acceptors (Lipinski definition) is 4. The van der Waals surface area contributed by atoms with E-state index in [1.54, 1.807) is 12.1 Å². The molecule has 2 aromatic carbocycles. The van der Waals surface area contributed by atoms with Crippen molar-refractivity contribution < 1.29 is 27.4 Å². The van der Waals surface area contributed by atoms with Crippen molar-refractivity contribution in [3.8, 4) is 5.75 Å². The van der Waals surface area contributed by atoms with Crippen LogP contribution in [0.3, 0.4) is 0 Å². The highest BCUT2D eigenvalue weighted by Gasteiger charge is 2.44. The van der Waals surface area contributed by atoms with Crippen LogP contribution >= 0.6 is 0 Å². The third-order valence-electron chi connectivity index (χ3n) is 6.55. The van der Waals surface area contributed by atoms with E-state index < -0.39 is 6.36 Å². The molecule has 2 atom stereocenters. The van der Waals surface area contributed by atoms with Crippen molar-refractivity contribution in [2.24, 2.45) is 0 Å². The SMILES string of the molecule is C=C(/C=C\CCC)COCC[C@H]1C(=O)N(CCc2ccc(OC(F)(F)F)cc2)[C@H](c2ccc(C)cc2)N1C. The van der Waals surface area contributed by atoms with Crippen molar-refractivity contribution in [3.63, 3.8) is 0 Å². The van der Waals surface area contributed by atoms with Gasteiger partial charge in [0.1, 0.15) is 11.9 Å². The number of rotatable bonds is 13. The summed E-state index contributed by atoms with van der Waals surface area (Å²) in [5.41, 5.74) is 3.86. The van der Waals surface area contributed by atoms with Gasteiger partial charge in [-0.05, 0) is 62.1 Å². The van der Waals surface area contributed by atoms with Crippen LogP contribution < -0.4 is 4.74 Å². The molecule has 38 heavy (non-hydrogen) atoms. The Hall–Kier alpha value is -3.10. The first kappa shape index (κ1) is 29.5. The molecule has 1 saturated heterocycles. The van der Waals surface area contributed by atoms with E-state index in [1.807, 2.05) is 49.2 Å². The van der Waals surface area contributed by atoms with Crippen molar-refractivity contribution >= 4 is 5.91 Å². The minimum atomic E-state index is -4.73. The van der Waals surface area contributed by atoms with Crippen molar-refractivity contribution in [2.45, 2.75) is 58.1 Å². The summed E-state index contributed by atoms with van der Waals surface area (Å²) < 4.78 is 47.2. The first-order valence-electron chi connectivity index (χ1n) is 12.9. The molecule has 0 spiro atoms. The predicted molar refractivity (Wildman–Crippen MR) is 143 cm³/mol. The zero-order chi connectivity index (χ0) is 27.7. The van der Waals surface area contributed by atoms with Gasteiger partial charge >= 0.3 is 6.36 Å². The zero-order valence-electron chi connectivity index (χ0n) is 22.3. The van der Waals surface area contributed by atoms with Crippen molar-refractivity contribution in [1.82, 2.24) is 9.80 Å². The molecule has 3 rings (SSSR count). The number of hydrogen-bond donors (Lipinski definition) is 0. The van der Waals surface area contributed by atoms with Crippen LogP contribution in [0.5, 0.6) is 5.75 Å². The zero-order valence-corrected chi connectivity index (χ0v) is 22.3. The van der Waals surface area contributed by atoms with Gasteiger partial charge in [0.25, 0.3) is 0 Å². The van der Waals surface area contributed by atoms with E-state index in [1.165, 1.54) is 12.1 Å². The fourth-order valence-electron chi connectivity index (χ4n) is 4.56. The van der Waals surface area contributed by atoms with Crippen molar-refractivity contribution in [2.75, 3.05) is 26.8 Å². The molecule has 0 radical (unpaired) electrons. The summed E-state index contributed by atoms with van der Waals surface area (Å²) in [4.78, 5) is 17.5. The number of nitrogens with zero attached hydrogens (tertiary/aromatic N) is 2. The number of aryl methyl sites for hydroxylation is 1. The third-order valence-corrected chi connectivity index (χ3v) is 6.55. The Morgan fingerprint density at radius 1 is 1.11 bits per heavy atom. The fraction of sp³-hybridized carbons (Fsp3) is 0.433. The minimum absolute atomic E-state index is 0.0142. The Morgan fingerprint density at radius 2 is 1.79 bits per heavy atom. The third kappa shape index (κ3) is 8.46. The number of likely N-dealkylation sites (N-methyl/N-ethyl adjacent to an activating group) is 1. The maximum absolute atomic E-state index is 13.6. The van der Waals surface area contributed by atoms with E-state index in [-0.39, 0.29) is 23.9 Å². The highest BCUT2D eigenvalue weighted by molar-refractivity contribution is 5.84. The van der Waals surface area contributed by atoms with Gasteiger partial charge in [0.05, 0.1) is 12.6 Å². The molecule has 0 N–H and O–H groups in total. The number of benzene rings is 2. The highest BCUT2D eigenvalue weighted by Crippen LogP contribution is 2.35. The Morgan fingerprint density at radius 3 is 2.42 bits per heavy atom. The number of amides is 1. The summed E-state index contributed by atoms with van der Waals surface area (Å²) in [6, 6.07) is 13.6. The molecule has 5 nitrogen and oxygen atoms in total. The molecule has 8 heteroatoms. The number of halogens is 3. The van der Waals surface area contributed by atoms with Crippen LogP contribution in [0, 0.1) is 6.92 Å². The van der Waals surface area contributed by atoms with E-state index in [0.29, 0.717) is 32.6 Å². The molecule has 2 aromatic rings. The number of ether oxygens (including phenoxy) is 2. The van der Waals surface area contributed by atoms with E-state index in [2.05, 4.69) is 29.2 Å². The summed E-state index contributed by atoms with van der Waals surface area (Å²) in [5.74, 6) is -0.250. The van der Waals surface area contributed by atoms with Crippen molar-refractivity contribution in [1.29, 1.82) is 0 Å². The smallest absolute Gasteiger partial charge is 0.406 e. The van der Waals surface area contributed by atoms with Gasteiger partial charge in [-0.1, -0.05) is 74.0 Å². The van der Waals surface area contributed by atoms with E-state index >= 15 is 0 Å². The molecular weight excluding hydrogens is 493 g/mol. The summed E-state index contributed by atoms with van der Waals surface area (Å²) >= 11 is 0. The van der Waals surface area contributed by atoms with Gasteiger partial charge in [-0.3, -0.25) is 9.69 Å². The molecule has 0 saturated carbocycles. The van der Waals surface area contributed by atoms with Gasteiger partial charge in [0, 0.05) is 13.2 Å². The number of carbonyl (C=O) groups excluding carboxylic acids is 1. The summed E-state index contributed by atoms with van der Waals surface area (Å²) in [6.07, 6.45) is 2.22. The Bertz CT molecular complexity index is 1080. The van der Waals surface area contributed by atoms with Gasteiger partial charge in [-0.25, -0.2) is 0 Å². The minimum Gasteiger partial charge on any atom is -0.406 e. The molecular formula is C30H37F3N2O3. The van der Waals surface area contributed by atoms with Gasteiger partial charge in [0.15, 0.2) is 0 Å². The molecule has 0 aromatic heterocycles. The maximum Gasteiger partial charge on any atom is 0.573 e. The molecule has 0 unspecified atom stereocenters. The van der Waals surface area contributed by atoms with Crippen LogP contribution in [0.1, 0.15) is 49.0 Å². The van der Waals surface area contributed by atoms with Gasteiger partial charge < -0.3 is 14.4 Å². The molecule has 1 fully saturated rings. The Labute approximate surface area is 223 Å². The van der Waals surface area contributed by atoms with E-state index in [4.69, 9.17) is 4.74 Å². The topological polar surface area (TPSA) is 42.0 Å². The van der Waals surface area contributed by atoms with Crippen LogP contribution in [-0.4, -0.2) is 54.9 Å².